The first-order valence-electron chi connectivity index (χ1n) is 9.50. The van der Waals surface area contributed by atoms with E-state index in [2.05, 4.69) is 32.4 Å². The molecular weight excluding hydrogens is 484 g/mol. The van der Waals surface area contributed by atoms with Gasteiger partial charge >= 0.3 is 0 Å². The Morgan fingerprint density at radius 3 is 2.54 bits per heavy atom. The molecule has 4 unspecified atom stereocenters. The molecule has 0 aromatic carbocycles. The summed E-state index contributed by atoms with van der Waals surface area (Å²) in [7, 11) is 0. The Bertz CT molecular complexity index is 432. The molecule has 3 fully saturated rings. The van der Waals surface area contributed by atoms with E-state index in [4.69, 9.17) is 0 Å². The molecule has 0 heterocycles. The molecule has 0 aliphatic heterocycles. The van der Waals surface area contributed by atoms with Crippen molar-refractivity contribution < 1.29 is 37.8 Å². The van der Waals surface area contributed by atoms with Gasteiger partial charge in [0.2, 0.25) is 0 Å². The molecule has 3 saturated carbocycles. The maximum Gasteiger partial charge on any atom is 0.0540 e. The third-order valence-corrected chi connectivity index (χ3v) is 6.33. The van der Waals surface area contributed by atoms with Crippen molar-refractivity contribution in [2.75, 3.05) is 0 Å². The molecule has 3 aliphatic carbocycles. The van der Waals surface area contributed by atoms with E-state index in [9.17, 15) is 5.11 Å². The molecule has 0 bridgehead atoms. The van der Waals surface area contributed by atoms with E-state index >= 15 is 0 Å². The van der Waals surface area contributed by atoms with E-state index in [1.165, 1.54) is 37.7 Å². The Labute approximate surface area is 192 Å². The third kappa shape index (κ3) is 5.82. The zero-order valence-corrected chi connectivity index (χ0v) is 21.2. The van der Waals surface area contributed by atoms with Gasteiger partial charge in [0.25, 0.3) is 0 Å². The first kappa shape index (κ1) is 25.1. The maximum absolute atomic E-state index is 9.76. The SMILES string of the molecule is CC.CC1CCC2/C(=C/C=C3\[CH-]CCC(O)C3)CCCC12C.I.[Y]. The van der Waals surface area contributed by atoms with Crippen molar-refractivity contribution in [3.63, 3.8) is 0 Å². The van der Waals surface area contributed by atoms with E-state index < -0.39 is 0 Å². The molecule has 0 aromatic rings. The van der Waals surface area contributed by atoms with Gasteiger partial charge in [-0.05, 0) is 62.2 Å². The Kier molecular flexibility index (Phi) is 12.3. The summed E-state index contributed by atoms with van der Waals surface area (Å²) in [6, 6.07) is 0. The average molecular weight is 520 g/mol. The predicted octanol–water partition coefficient (Wildman–Crippen LogP) is 6.47. The van der Waals surface area contributed by atoms with Crippen LogP contribution in [0.3, 0.4) is 0 Å². The summed E-state index contributed by atoms with van der Waals surface area (Å²) in [6.07, 6.45) is 16.6. The molecule has 3 heteroatoms. The van der Waals surface area contributed by atoms with Gasteiger partial charge < -0.3 is 5.11 Å². The zero-order valence-electron chi connectivity index (χ0n) is 16.1. The fourth-order valence-corrected chi connectivity index (χ4v) is 4.77. The van der Waals surface area contributed by atoms with Crippen LogP contribution in [-0.2, 0) is 32.7 Å². The predicted molar refractivity (Wildman–Crippen MR) is 111 cm³/mol. The summed E-state index contributed by atoms with van der Waals surface area (Å²) in [5, 5.41) is 9.76. The normalized spacial score (nSPS) is 38.1. The molecule has 4 atom stereocenters. The molecule has 3 aliphatic rings. The Morgan fingerprint density at radius 1 is 1.17 bits per heavy atom. The Balaban J connectivity index is 0.00000128. The molecule has 137 valence electrons. The molecule has 0 aromatic heterocycles. The van der Waals surface area contributed by atoms with Gasteiger partial charge in [-0.15, -0.1) is 30.1 Å². The Hall–Kier alpha value is 1.14. The second-order valence-corrected chi connectivity index (χ2v) is 7.51. The maximum atomic E-state index is 9.76. The minimum absolute atomic E-state index is 0. The molecule has 24 heavy (non-hydrogen) atoms. The third-order valence-electron chi connectivity index (χ3n) is 6.33. The van der Waals surface area contributed by atoms with Gasteiger partial charge in [-0.3, -0.25) is 0 Å². The molecule has 3 rings (SSSR count). The van der Waals surface area contributed by atoms with Crippen LogP contribution in [0.5, 0.6) is 0 Å². The van der Waals surface area contributed by atoms with Crippen molar-refractivity contribution in [3.8, 4) is 0 Å². The number of rotatable bonds is 1. The number of aliphatic hydroxyl groups is 1. The largest absolute Gasteiger partial charge is 0.393 e. The second kappa shape index (κ2) is 11.8. The molecule has 1 nitrogen and oxygen atoms in total. The molecule has 0 saturated heterocycles. The number of allylic oxidation sites excluding steroid dienone is 3. The first-order valence-corrected chi connectivity index (χ1v) is 9.50. The quantitative estimate of drug-likeness (QED) is 0.311. The smallest absolute Gasteiger partial charge is 0.0540 e. The molecule has 1 N–H and O–H groups in total. The fourth-order valence-electron chi connectivity index (χ4n) is 4.77. The summed E-state index contributed by atoms with van der Waals surface area (Å²) in [6.45, 7) is 8.97. The van der Waals surface area contributed by atoms with Gasteiger partial charge in [0, 0.05) is 32.7 Å². The number of hydrogen-bond donors (Lipinski definition) is 1. The van der Waals surface area contributed by atoms with Crippen molar-refractivity contribution in [3.05, 3.63) is 29.7 Å². The summed E-state index contributed by atoms with van der Waals surface area (Å²) >= 11 is 0. The van der Waals surface area contributed by atoms with E-state index in [1.807, 2.05) is 13.8 Å². The van der Waals surface area contributed by atoms with Crippen LogP contribution in [0, 0.1) is 23.7 Å². The van der Waals surface area contributed by atoms with Gasteiger partial charge in [0.1, 0.15) is 0 Å². The van der Waals surface area contributed by atoms with Crippen molar-refractivity contribution in [1.82, 2.24) is 0 Å². The van der Waals surface area contributed by atoms with Crippen LogP contribution in [-0.4, -0.2) is 11.2 Å². The van der Waals surface area contributed by atoms with Crippen LogP contribution < -0.4 is 0 Å². The average Bonchev–Trinajstić information content (AvgIpc) is 2.83. The van der Waals surface area contributed by atoms with Crippen LogP contribution in [0.15, 0.2) is 23.3 Å². The summed E-state index contributed by atoms with van der Waals surface area (Å²) < 4.78 is 0. The fraction of sp³-hybridized carbons (Fsp3) is 0.762. The van der Waals surface area contributed by atoms with E-state index in [-0.39, 0.29) is 62.8 Å². The molecule has 0 spiro atoms. The number of aliphatic hydroxyl groups excluding tert-OH is 1. The van der Waals surface area contributed by atoms with Crippen LogP contribution >= 0.6 is 24.0 Å². The van der Waals surface area contributed by atoms with Gasteiger partial charge in [-0.2, -0.15) is 0 Å². The van der Waals surface area contributed by atoms with Crippen LogP contribution in [0.4, 0.5) is 0 Å². The second-order valence-electron chi connectivity index (χ2n) is 7.51. The first-order chi connectivity index (χ1) is 10.6. The van der Waals surface area contributed by atoms with Crippen molar-refractivity contribution in [1.29, 1.82) is 0 Å². The minimum Gasteiger partial charge on any atom is -0.393 e. The molecule has 1 radical (unpaired) electrons. The van der Waals surface area contributed by atoms with Crippen molar-refractivity contribution in [2.24, 2.45) is 17.3 Å². The number of fused-ring (bicyclic) bond motifs is 1. The van der Waals surface area contributed by atoms with E-state index in [1.54, 1.807) is 5.57 Å². The van der Waals surface area contributed by atoms with Gasteiger partial charge in [-0.1, -0.05) is 39.7 Å². The van der Waals surface area contributed by atoms with Gasteiger partial charge in [-0.25, -0.2) is 18.1 Å². The topological polar surface area (TPSA) is 20.2 Å². The van der Waals surface area contributed by atoms with Crippen LogP contribution in [0.1, 0.15) is 79.1 Å². The molecular formula is C21H36IOY-. The summed E-state index contributed by atoms with van der Waals surface area (Å²) in [4.78, 5) is 0. The minimum atomic E-state index is -0.118. The van der Waals surface area contributed by atoms with Gasteiger partial charge in [0.05, 0.1) is 6.10 Å². The van der Waals surface area contributed by atoms with Crippen molar-refractivity contribution in [2.45, 2.75) is 85.2 Å². The van der Waals surface area contributed by atoms with Crippen LogP contribution in [0.25, 0.3) is 0 Å². The summed E-state index contributed by atoms with van der Waals surface area (Å²) in [5.74, 6) is 1.70. The van der Waals surface area contributed by atoms with E-state index in [0.717, 1.165) is 31.1 Å². The zero-order chi connectivity index (χ0) is 16.2. The Morgan fingerprint density at radius 2 is 1.88 bits per heavy atom. The standard InChI is InChI=1S/C19H29O.C2H6.HI.Y/c1-14-8-11-18-16(6-4-12-19(14,18)2)10-9-15-5-3-7-17(20)13-15;1-2;;/h5,9-10,14,17-18,20H,3-4,6-8,11-13H2,1-2H3;1-2H3;1H;/q-1;;;/b15-9+,16-10+;;;. The number of hydrogen-bond acceptors (Lipinski definition) is 1. The van der Waals surface area contributed by atoms with E-state index in [0.29, 0.717) is 5.41 Å². The van der Waals surface area contributed by atoms with Crippen molar-refractivity contribution >= 4 is 24.0 Å². The monoisotopic (exact) mass is 520 g/mol. The summed E-state index contributed by atoms with van der Waals surface area (Å²) in [5.41, 5.74) is 3.58. The van der Waals surface area contributed by atoms with Crippen LogP contribution in [0.2, 0.25) is 0 Å². The molecule has 0 amide bonds. The van der Waals surface area contributed by atoms with Gasteiger partial charge in [0.15, 0.2) is 0 Å². The number of halogens is 1.